The molecular weight excluding hydrogens is 330 g/mol. The van der Waals surface area contributed by atoms with Crippen LogP contribution in [0.5, 0.6) is 0 Å². The fraction of sp³-hybridized carbons (Fsp3) is 0.222. The fourth-order valence-corrected chi connectivity index (χ4v) is 3.14. The van der Waals surface area contributed by atoms with Gasteiger partial charge in [-0.15, -0.1) is 11.8 Å². The van der Waals surface area contributed by atoms with Crippen LogP contribution in [0.2, 0.25) is 5.02 Å². The molecule has 0 saturated carbocycles. The van der Waals surface area contributed by atoms with E-state index in [1.54, 1.807) is 6.07 Å². The average molecular weight is 348 g/mol. The van der Waals surface area contributed by atoms with E-state index in [2.05, 4.69) is 5.32 Å². The van der Waals surface area contributed by atoms with Crippen molar-refractivity contribution in [3.8, 4) is 0 Å². The lowest BCUT2D eigenvalue weighted by Crippen LogP contribution is -2.42. The molecule has 2 aromatic carbocycles. The minimum atomic E-state index is -0.503. The van der Waals surface area contributed by atoms with Crippen molar-refractivity contribution in [1.29, 1.82) is 0 Å². The monoisotopic (exact) mass is 347 g/mol. The molecule has 0 aromatic heterocycles. The summed E-state index contributed by atoms with van der Waals surface area (Å²) < 4.78 is 0. The Hall–Kier alpha value is -1.78. The van der Waals surface area contributed by atoms with Crippen molar-refractivity contribution in [2.75, 3.05) is 5.75 Å². The van der Waals surface area contributed by atoms with E-state index < -0.39 is 6.04 Å². The van der Waals surface area contributed by atoms with Crippen LogP contribution in [0.25, 0.3) is 0 Å². The molecule has 23 heavy (non-hydrogen) atoms. The Labute approximate surface area is 145 Å². The lowest BCUT2D eigenvalue weighted by Gasteiger charge is -2.16. The molecule has 1 atom stereocenters. The molecule has 2 rings (SSSR count). The standard InChI is InChI=1S/C18H18ClNO2S/c1-13(21)16(11-14-7-3-2-4-8-14)20-18(22)12-23-17-10-6-5-9-15(17)19/h2-10,16H,11-12H2,1H3,(H,20,22)/t16-/m1/s1. The first-order chi connectivity index (χ1) is 11.1. The van der Waals surface area contributed by atoms with Crippen LogP contribution in [-0.4, -0.2) is 23.5 Å². The van der Waals surface area contributed by atoms with Crippen LogP contribution >= 0.6 is 23.4 Å². The third-order valence-corrected chi connectivity index (χ3v) is 4.82. The van der Waals surface area contributed by atoms with Gasteiger partial charge in [0.2, 0.25) is 5.91 Å². The Morgan fingerprint density at radius 1 is 1.09 bits per heavy atom. The van der Waals surface area contributed by atoms with Crippen molar-refractivity contribution in [3.63, 3.8) is 0 Å². The largest absolute Gasteiger partial charge is 0.345 e. The number of amides is 1. The second-order valence-corrected chi connectivity index (χ2v) is 6.56. The Morgan fingerprint density at radius 2 is 1.74 bits per heavy atom. The molecule has 0 saturated heterocycles. The van der Waals surface area contributed by atoms with Gasteiger partial charge in [0.05, 0.1) is 16.8 Å². The van der Waals surface area contributed by atoms with E-state index in [9.17, 15) is 9.59 Å². The number of hydrogen-bond donors (Lipinski definition) is 1. The van der Waals surface area contributed by atoms with Crippen molar-refractivity contribution in [3.05, 3.63) is 65.2 Å². The van der Waals surface area contributed by atoms with Gasteiger partial charge >= 0.3 is 0 Å². The zero-order valence-corrected chi connectivity index (χ0v) is 14.4. The first-order valence-electron chi connectivity index (χ1n) is 7.27. The maximum atomic E-state index is 12.1. The first kappa shape index (κ1) is 17.6. The molecule has 3 nitrogen and oxygen atoms in total. The number of ketones is 1. The van der Waals surface area contributed by atoms with Gasteiger partial charge in [0.25, 0.3) is 0 Å². The van der Waals surface area contributed by atoms with Gasteiger partial charge < -0.3 is 5.32 Å². The normalized spacial score (nSPS) is 11.7. The van der Waals surface area contributed by atoms with Crippen LogP contribution in [0.4, 0.5) is 0 Å². The number of Topliss-reactive ketones (excluding diaryl/α,β-unsaturated/α-hetero) is 1. The summed E-state index contributed by atoms with van der Waals surface area (Å²) >= 11 is 7.42. The SMILES string of the molecule is CC(=O)[C@@H](Cc1ccccc1)NC(=O)CSc1ccccc1Cl. The summed E-state index contributed by atoms with van der Waals surface area (Å²) in [4.78, 5) is 24.7. The molecular formula is C18H18ClNO2S. The number of hydrogen-bond acceptors (Lipinski definition) is 3. The zero-order chi connectivity index (χ0) is 16.7. The number of benzene rings is 2. The number of carbonyl (C=O) groups is 2. The quantitative estimate of drug-likeness (QED) is 0.776. The van der Waals surface area contributed by atoms with Crippen LogP contribution in [0.1, 0.15) is 12.5 Å². The second kappa shape index (κ2) is 8.75. The van der Waals surface area contributed by atoms with E-state index in [4.69, 9.17) is 11.6 Å². The molecule has 120 valence electrons. The molecule has 0 aliphatic heterocycles. The first-order valence-corrected chi connectivity index (χ1v) is 8.63. The molecule has 2 aromatic rings. The molecule has 0 fully saturated rings. The van der Waals surface area contributed by atoms with Crippen LogP contribution in [0.15, 0.2) is 59.5 Å². The second-order valence-electron chi connectivity index (χ2n) is 5.14. The topological polar surface area (TPSA) is 46.2 Å². The molecule has 1 N–H and O–H groups in total. The maximum absolute atomic E-state index is 12.1. The van der Waals surface area contributed by atoms with Crippen LogP contribution in [0.3, 0.4) is 0 Å². The molecule has 0 aliphatic carbocycles. The summed E-state index contributed by atoms with van der Waals surface area (Å²) in [5, 5.41) is 3.43. The van der Waals surface area contributed by atoms with E-state index in [0.29, 0.717) is 11.4 Å². The van der Waals surface area contributed by atoms with E-state index >= 15 is 0 Å². The number of rotatable bonds is 7. The predicted octanol–water partition coefficient (Wildman–Crippen LogP) is 3.75. The highest BCUT2D eigenvalue weighted by Gasteiger charge is 2.17. The average Bonchev–Trinajstić information content (AvgIpc) is 2.54. The lowest BCUT2D eigenvalue weighted by molar-refractivity contribution is -0.125. The highest BCUT2D eigenvalue weighted by molar-refractivity contribution is 8.00. The summed E-state index contributed by atoms with van der Waals surface area (Å²) in [6.45, 7) is 1.50. The van der Waals surface area contributed by atoms with Gasteiger partial charge in [-0.3, -0.25) is 9.59 Å². The van der Waals surface area contributed by atoms with Gasteiger partial charge in [0.15, 0.2) is 5.78 Å². The van der Waals surface area contributed by atoms with Crippen LogP contribution < -0.4 is 5.32 Å². The van der Waals surface area contributed by atoms with E-state index in [-0.39, 0.29) is 17.4 Å². The van der Waals surface area contributed by atoms with Gasteiger partial charge in [-0.1, -0.05) is 54.1 Å². The Balaban J connectivity index is 1.91. The van der Waals surface area contributed by atoms with Crippen molar-refractivity contribution in [1.82, 2.24) is 5.32 Å². The van der Waals surface area contributed by atoms with Gasteiger partial charge in [-0.05, 0) is 31.0 Å². The smallest absolute Gasteiger partial charge is 0.230 e. The van der Waals surface area contributed by atoms with Crippen molar-refractivity contribution in [2.24, 2.45) is 0 Å². The minimum Gasteiger partial charge on any atom is -0.345 e. The number of thioether (sulfide) groups is 1. The highest BCUT2D eigenvalue weighted by Crippen LogP contribution is 2.26. The molecule has 0 unspecified atom stereocenters. The van der Waals surface area contributed by atoms with E-state index in [1.165, 1.54) is 18.7 Å². The van der Waals surface area contributed by atoms with Crippen LogP contribution in [0, 0.1) is 0 Å². The Morgan fingerprint density at radius 3 is 2.39 bits per heavy atom. The van der Waals surface area contributed by atoms with Crippen molar-refractivity contribution >= 4 is 35.1 Å². The summed E-state index contributed by atoms with van der Waals surface area (Å²) in [5.74, 6) is -0.00142. The van der Waals surface area contributed by atoms with Crippen LogP contribution in [-0.2, 0) is 16.0 Å². The Bertz CT molecular complexity index is 676. The number of carbonyl (C=O) groups excluding carboxylic acids is 2. The Kier molecular flexibility index (Phi) is 6.68. The predicted molar refractivity (Wildman–Crippen MR) is 94.9 cm³/mol. The molecule has 0 spiro atoms. The lowest BCUT2D eigenvalue weighted by atomic mass is 10.0. The molecule has 0 aliphatic rings. The van der Waals surface area contributed by atoms with Crippen molar-refractivity contribution < 1.29 is 9.59 Å². The van der Waals surface area contributed by atoms with Gasteiger partial charge in [-0.25, -0.2) is 0 Å². The number of nitrogens with one attached hydrogen (secondary N) is 1. The number of halogens is 1. The van der Waals surface area contributed by atoms with E-state index in [1.807, 2.05) is 48.5 Å². The zero-order valence-electron chi connectivity index (χ0n) is 12.8. The fourth-order valence-electron chi connectivity index (χ4n) is 2.09. The summed E-state index contributed by atoms with van der Waals surface area (Å²) in [6, 6.07) is 16.5. The molecule has 0 radical (unpaired) electrons. The summed E-state index contributed by atoms with van der Waals surface area (Å²) in [6.07, 6.45) is 0.499. The van der Waals surface area contributed by atoms with Gasteiger partial charge in [0, 0.05) is 4.90 Å². The van der Waals surface area contributed by atoms with Crippen molar-refractivity contribution in [2.45, 2.75) is 24.3 Å². The van der Waals surface area contributed by atoms with E-state index in [0.717, 1.165) is 10.5 Å². The summed E-state index contributed by atoms with van der Waals surface area (Å²) in [5.41, 5.74) is 1.02. The highest BCUT2D eigenvalue weighted by atomic mass is 35.5. The maximum Gasteiger partial charge on any atom is 0.230 e. The third-order valence-electron chi connectivity index (χ3n) is 3.30. The molecule has 0 bridgehead atoms. The molecule has 1 amide bonds. The molecule has 0 heterocycles. The minimum absolute atomic E-state index is 0.0510. The van der Waals surface area contributed by atoms with Gasteiger partial charge in [0.1, 0.15) is 0 Å². The third kappa shape index (κ3) is 5.73. The molecule has 5 heteroatoms. The summed E-state index contributed by atoms with van der Waals surface area (Å²) in [7, 11) is 0. The van der Waals surface area contributed by atoms with Gasteiger partial charge in [-0.2, -0.15) is 0 Å².